The first-order valence-electron chi connectivity index (χ1n) is 6.90. The highest BCUT2D eigenvalue weighted by Gasteiger charge is 2.10. The molecule has 2 rings (SSSR count). The molecule has 4 nitrogen and oxygen atoms in total. The minimum absolute atomic E-state index is 0.0396. The van der Waals surface area contributed by atoms with Crippen molar-refractivity contribution in [2.75, 3.05) is 13.7 Å². The van der Waals surface area contributed by atoms with E-state index in [1.807, 2.05) is 31.2 Å². The highest BCUT2D eigenvalue weighted by atomic mass is 35.5. The minimum Gasteiger partial charge on any atom is -0.497 e. The molecule has 0 aliphatic heterocycles. The van der Waals surface area contributed by atoms with Crippen LogP contribution in [0.25, 0.3) is 0 Å². The Bertz CT molecular complexity index is 611. The Morgan fingerprint density at radius 1 is 1.09 bits per heavy atom. The van der Waals surface area contributed by atoms with Crippen LogP contribution in [0.15, 0.2) is 48.5 Å². The van der Waals surface area contributed by atoms with Crippen molar-refractivity contribution < 1.29 is 14.3 Å². The van der Waals surface area contributed by atoms with Gasteiger partial charge < -0.3 is 14.8 Å². The molecule has 0 aliphatic carbocycles. The largest absolute Gasteiger partial charge is 0.497 e. The first-order chi connectivity index (χ1) is 10.6. The summed E-state index contributed by atoms with van der Waals surface area (Å²) in [7, 11) is 1.62. The van der Waals surface area contributed by atoms with Crippen molar-refractivity contribution in [3.05, 3.63) is 59.1 Å². The zero-order chi connectivity index (χ0) is 15.9. The summed E-state index contributed by atoms with van der Waals surface area (Å²) in [6.07, 6.45) is 0. The molecule has 0 spiro atoms. The zero-order valence-corrected chi connectivity index (χ0v) is 13.3. The van der Waals surface area contributed by atoms with Gasteiger partial charge in [0.2, 0.25) is 0 Å². The van der Waals surface area contributed by atoms with Gasteiger partial charge in [-0.1, -0.05) is 23.7 Å². The third-order valence-corrected chi connectivity index (χ3v) is 3.43. The van der Waals surface area contributed by atoms with Crippen LogP contribution in [-0.2, 0) is 4.79 Å². The number of nitrogens with one attached hydrogen (secondary N) is 1. The van der Waals surface area contributed by atoms with Crippen molar-refractivity contribution in [2.45, 2.75) is 13.0 Å². The van der Waals surface area contributed by atoms with Gasteiger partial charge in [-0.15, -0.1) is 0 Å². The number of hydrogen-bond acceptors (Lipinski definition) is 3. The van der Waals surface area contributed by atoms with Gasteiger partial charge in [0.1, 0.15) is 11.5 Å². The molecule has 0 unspecified atom stereocenters. The fraction of sp³-hybridized carbons (Fsp3) is 0.235. The molecule has 0 saturated carbocycles. The average Bonchev–Trinajstić information content (AvgIpc) is 2.54. The average molecular weight is 320 g/mol. The van der Waals surface area contributed by atoms with E-state index in [1.54, 1.807) is 31.4 Å². The lowest BCUT2D eigenvalue weighted by Crippen LogP contribution is -2.31. The molecule has 5 heteroatoms. The second kappa shape index (κ2) is 7.71. The van der Waals surface area contributed by atoms with E-state index in [2.05, 4.69) is 5.32 Å². The van der Waals surface area contributed by atoms with Crippen LogP contribution in [0, 0.1) is 0 Å². The number of hydrogen-bond donors (Lipinski definition) is 1. The molecule has 1 N–H and O–H groups in total. The van der Waals surface area contributed by atoms with Crippen molar-refractivity contribution in [3.63, 3.8) is 0 Å². The Kier molecular flexibility index (Phi) is 5.67. The van der Waals surface area contributed by atoms with E-state index in [0.717, 1.165) is 11.3 Å². The topological polar surface area (TPSA) is 47.6 Å². The van der Waals surface area contributed by atoms with Crippen LogP contribution in [0.2, 0.25) is 5.02 Å². The Morgan fingerprint density at radius 2 is 1.68 bits per heavy atom. The van der Waals surface area contributed by atoms with Crippen molar-refractivity contribution >= 4 is 17.5 Å². The molecule has 0 saturated heterocycles. The van der Waals surface area contributed by atoms with Crippen LogP contribution in [-0.4, -0.2) is 19.6 Å². The van der Waals surface area contributed by atoms with Crippen molar-refractivity contribution in [1.82, 2.24) is 5.32 Å². The predicted octanol–water partition coefficient (Wildman–Crippen LogP) is 3.60. The van der Waals surface area contributed by atoms with E-state index in [4.69, 9.17) is 21.1 Å². The smallest absolute Gasteiger partial charge is 0.258 e. The molecule has 0 radical (unpaired) electrons. The highest BCUT2D eigenvalue weighted by molar-refractivity contribution is 6.30. The van der Waals surface area contributed by atoms with Crippen LogP contribution < -0.4 is 14.8 Å². The molecule has 2 aromatic carbocycles. The SMILES string of the molecule is COc1ccc([C@@H](C)NC(=O)COc2ccc(Cl)cc2)cc1. The molecule has 0 fully saturated rings. The highest BCUT2D eigenvalue weighted by Crippen LogP contribution is 2.18. The first-order valence-corrected chi connectivity index (χ1v) is 7.28. The molecule has 116 valence electrons. The van der Waals surface area contributed by atoms with Gasteiger partial charge >= 0.3 is 0 Å². The molecule has 0 aromatic heterocycles. The summed E-state index contributed by atoms with van der Waals surface area (Å²) in [6.45, 7) is 1.88. The summed E-state index contributed by atoms with van der Waals surface area (Å²) in [5, 5.41) is 3.51. The molecule has 1 amide bonds. The van der Waals surface area contributed by atoms with Crippen LogP contribution in [0.3, 0.4) is 0 Å². The number of methoxy groups -OCH3 is 1. The Hall–Kier alpha value is -2.20. The summed E-state index contributed by atoms with van der Waals surface area (Å²) in [5.41, 5.74) is 1.00. The Labute approximate surface area is 135 Å². The Morgan fingerprint density at radius 3 is 2.27 bits per heavy atom. The number of amides is 1. The molecule has 0 aliphatic rings. The minimum atomic E-state index is -0.182. The van der Waals surface area contributed by atoms with Gasteiger partial charge in [0.05, 0.1) is 13.2 Å². The van der Waals surface area contributed by atoms with E-state index < -0.39 is 0 Å². The Balaban J connectivity index is 1.83. The van der Waals surface area contributed by atoms with Crippen LogP contribution in [0.5, 0.6) is 11.5 Å². The van der Waals surface area contributed by atoms with Crippen LogP contribution in [0.4, 0.5) is 0 Å². The third-order valence-electron chi connectivity index (χ3n) is 3.18. The molecule has 0 bridgehead atoms. The second-order valence-electron chi connectivity index (χ2n) is 4.80. The van der Waals surface area contributed by atoms with Gasteiger partial charge in [-0.3, -0.25) is 4.79 Å². The maximum atomic E-state index is 11.9. The maximum absolute atomic E-state index is 11.9. The van der Waals surface area contributed by atoms with Gasteiger partial charge in [0.25, 0.3) is 5.91 Å². The lowest BCUT2D eigenvalue weighted by Gasteiger charge is -2.15. The lowest BCUT2D eigenvalue weighted by molar-refractivity contribution is -0.123. The molecule has 0 heterocycles. The van der Waals surface area contributed by atoms with E-state index in [0.29, 0.717) is 10.8 Å². The second-order valence-corrected chi connectivity index (χ2v) is 5.24. The number of ether oxygens (including phenoxy) is 2. The third kappa shape index (κ3) is 4.67. The van der Waals surface area contributed by atoms with Crippen LogP contribution in [0.1, 0.15) is 18.5 Å². The van der Waals surface area contributed by atoms with Gasteiger partial charge in [-0.05, 0) is 48.9 Å². The zero-order valence-electron chi connectivity index (χ0n) is 12.5. The molecular weight excluding hydrogens is 302 g/mol. The van der Waals surface area contributed by atoms with E-state index in [-0.39, 0.29) is 18.6 Å². The van der Waals surface area contributed by atoms with E-state index in [9.17, 15) is 4.79 Å². The fourth-order valence-corrected chi connectivity index (χ4v) is 2.06. The standard InChI is InChI=1S/C17H18ClNO3/c1-12(13-3-7-15(21-2)8-4-13)19-17(20)11-22-16-9-5-14(18)6-10-16/h3-10,12H,11H2,1-2H3,(H,19,20)/t12-/m1/s1. The predicted molar refractivity (Wildman–Crippen MR) is 86.5 cm³/mol. The summed E-state index contributed by atoms with van der Waals surface area (Å²) < 4.78 is 10.5. The number of halogens is 1. The number of carbonyl (C=O) groups excluding carboxylic acids is 1. The quantitative estimate of drug-likeness (QED) is 0.885. The molecule has 22 heavy (non-hydrogen) atoms. The summed E-state index contributed by atoms with van der Waals surface area (Å²) >= 11 is 5.79. The van der Waals surface area contributed by atoms with Crippen LogP contribution >= 0.6 is 11.6 Å². The number of carbonyl (C=O) groups is 1. The van der Waals surface area contributed by atoms with Gasteiger partial charge in [0, 0.05) is 5.02 Å². The van der Waals surface area contributed by atoms with Gasteiger partial charge in [-0.2, -0.15) is 0 Å². The molecule has 1 atom stereocenters. The van der Waals surface area contributed by atoms with Crippen molar-refractivity contribution in [3.8, 4) is 11.5 Å². The summed E-state index contributed by atoms with van der Waals surface area (Å²) in [5.74, 6) is 1.21. The summed E-state index contributed by atoms with van der Waals surface area (Å²) in [6, 6.07) is 14.3. The van der Waals surface area contributed by atoms with Crippen molar-refractivity contribution in [2.24, 2.45) is 0 Å². The molecular formula is C17H18ClNO3. The fourth-order valence-electron chi connectivity index (χ4n) is 1.94. The molecule has 2 aromatic rings. The first kappa shape index (κ1) is 16.2. The lowest BCUT2D eigenvalue weighted by atomic mass is 10.1. The van der Waals surface area contributed by atoms with Gasteiger partial charge in [0.15, 0.2) is 6.61 Å². The number of benzene rings is 2. The summed E-state index contributed by atoms with van der Waals surface area (Å²) in [4.78, 5) is 11.9. The van der Waals surface area contributed by atoms with Gasteiger partial charge in [-0.25, -0.2) is 0 Å². The monoisotopic (exact) mass is 319 g/mol. The number of rotatable bonds is 6. The van der Waals surface area contributed by atoms with E-state index >= 15 is 0 Å². The maximum Gasteiger partial charge on any atom is 0.258 e. The van der Waals surface area contributed by atoms with Crippen molar-refractivity contribution in [1.29, 1.82) is 0 Å². The van der Waals surface area contributed by atoms with E-state index in [1.165, 1.54) is 0 Å². The normalized spacial score (nSPS) is 11.6.